The molecule has 5 heteroatoms. The lowest BCUT2D eigenvalue weighted by atomic mass is 10.2. The van der Waals surface area contributed by atoms with Crippen LogP contribution >= 0.6 is 0 Å². The van der Waals surface area contributed by atoms with Crippen molar-refractivity contribution in [1.29, 1.82) is 0 Å². The van der Waals surface area contributed by atoms with E-state index in [1.54, 1.807) is 0 Å². The van der Waals surface area contributed by atoms with Crippen LogP contribution in [0.4, 0.5) is 0 Å². The second-order valence-electron chi connectivity index (χ2n) is 6.06. The van der Waals surface area contributed by atoms with E-state index in [4.69, 9.17) is 4.74 Å². The number of rotatable bonds is 9. The summed E-state index contributed by atoms with van der Waals surface area (Å²) in [4.78, 5) is 7.00. The summed E-state index contributed by atoms with van der Waals surface area (Å²) >= 11 is 0. The van der Waals surface area contributed by atoms with Crippen molar-refractivity contribution in [2.24, 2.45) is 4.99 Å². The smallest absolute Gasteiger partial charge is 0.191 e. The first-order chi connectivity index (χ1) is 10.1. The standard InChI is InChI=1S/C16H34N4O/c1-5-17-16(19-13-15-9-8-12-21-15)18-10-6-7-11-20(4)14(2)3/h14-15H,5-13H2,1-4H3,(H2,17,18,19). The van der Waals surface area contributed by atoms with E-state index < -0.39 is 0 Å². The highest BCUT2D eigenvalue weighted by atomic mass is 16.5. The van der Waals surface area contributed by atoms with Crippen LogP contribution in [0.15, 0.2) is 4.99 Å². The maximum absolute atomic E-state index is 5.61. The van der Waals surface area contributed by atoms with Gasteiger partial charge in [0.05, 0.1) is 12.6 Å². The molecule has 0 radical (unpaired) electrons. The van der Waals surface area contributed by atoms with Gasteiger partial charge >= 0.3 is 0 Å². The summed E-state index contributed by atoms with van der Waals surface area (Å²) < 4.78 is 5.61. The van der Waals surface area contributed by atoms with Gasteiger partial charge in [-0.05, 0) is 60.0 Å². The first-order valence-corrected chi connectivity index (χ1v) is 8.47. The zero-order valence-corrected chi connectivity index (χ0v) is 14.3. The van der Waals surface area contributed by atoms with Gasteiger partial charge in [-0.1, -0.05) is 0 Å². The molecule has 21 heavy (non-hydrogen) atoms. The minimum atomic E-state index is 0.320. The third-order valence-corrected chi connectivity index (χ3v) is 3.93. The Balaban J connectivity index is 2.16. The molecule has 0 spiro atoms. The molecule has 0 bridgehead atoms. The van der Waals surface area contributed by atoms with Gasteiger partial charge in [-0.2, -0.15) is 0 Å². The number of nitrogens with one attached hydrogen (secondary N) is 2. The average molecular weight is 298 g/mol. The lowest BCUT2D eigenvalue weighted by Gasteiger charge is -2.20. The van der Waals surface area contributed by atoms with E-state index in [0.29, 0.717) is 12.1 Å². The Hall–Kier alpha value is -0.810. The summed E-state index contributed by atoms with van der Waals surface area (Å²) in [5.74, 6) is 0.921. The maximum Gasteiger partial charge on any atom is 0.191 e. The second-order valence-corrected chi connectivity index (χ2v) is 6.06. The molecule has 0 aromatic carbocycles. The lowest BCUT2D eigenvalue weighted by Crippen LogP contribution is -2.38. The van der Waals surface area contributed by atoms with Crippen LogP contribution in [-0.4, -0.2) is 62.8 Å². The molecule has 1 fully saturated rings. The monoisotopic (exact) mass is 298 g/mol. The predicted octanol–water partition coefficient (Wildman–Crippen LogP) is 1.84. The van der Waals surface area contributed by atoms with Gasteiger partial charge < -0.3 is 20.3 Å². The van der Waals surface area contributed by atoms with Crippen LogP contribution in [0.3, 0.4) is 0 Å². The summed E-state index contributed by atoms with van der Waals surface area (Å²) in [6.07, 6.45) is 5.02. The van der Waals surface area contributed by atoms with Crippen molar-refractivity contribution >= 4 is 5.96 Å². The zero-order valence-electron chi connectivity index (χ0n) is 14.3. The Morgan fingerprint density at radius 1 is 1.33 bits per heavy atom. The molecule has 5 nitrogen and oxygen atoms in total. The number of guanidine groups is 1. The van der Waals surface area contributed by atoms with Crippen LogP contribution in [0.1, 0.15) is 46.5 Å². The molecule has 1 unspecified atom stereocenters. The van der Waals surface area contributed by atoms with E-state index in [0.717, 1.165) is 45.2 Å². The fourth-order valence-electron chi connectivity index (χ4n) is 2.27. The Morgan fingerprint density at radius 3 is 2.76 bits per heavy atom. The van der Waals surface area contributed by atoms with Gasteiger partial charge in [0.15, 0.2) is 5.96 Å². The van der Waals surface area contributed by atoms with Crippen LogP contribution in [0.2, 0.25) is 0 Å². The average Bonchev–Trinajstić information content (AvgIpc) is 2.97. The highest BCUT2D eigenvalue weighted by Gasteiger charge is 2.14. The fourth-order valence-corrected chi connectivity index (χ4v) is 2.27. The number of hydrogen-bond donors (Lipinski definition) is 2. The summed E-state index contributed by atoms with van der Waals surface area (Å²) in [6.45, 7) is 11.3. The minimum absolute atomic E-state index is 0.320. The van der Waals surface area contributed by atoms with Crippen molar-refractivity contribution in [2.75, 3.05) is 39.8 Å². The molecule has 0 amide bonds. The normalized spacial score (nSPS) is 19.5. The molecular formula is C16H34N4O. The summed E-state index contributed by atoms with van der Waals surface area (Å²) in [7, 11) is 2.19. The van der Waals surface area contributed by atoms with Gasteiger partial charge in [-0.15, -0.1) is 0 Å². The molecule has 0 saturated carbocycles. The highest BCUT2D eigenvalue weighted by molar-refractivity contribution is 5.79. The predicted molar refractivity (Wildman–Crippen MR) is 90.0 cm³/mol. The van der Waals surface area contributed by atoms with E-state index in [1.807, 2.05) is 0 Å². The first kappa shape index (κ1) is 18.2. The quantitative estimate of drug-likeness (QED) is 0.387. The van der Waals surface area contributed by atoms with Gasteiger partial charge in [0.1, 0.15) is 0 Å². The van der Waals surface area contributed by atoms with Crippen LogP contribution in [0.25, 0.3) is 0 Å². The summed E-state index contributed by atoms with van der Waals surface area (Å²) in [6, 6.07) is 0.628. The minimum Gasteiger partial charge on any atom is -0.376 e. The Kier molecular flexibility index (Phi) is 9.42. The van der Waals surface area contributed by atoms with Crippen LogP contribution in [-0.2, 0) is 4.74 Å². The van der Waals surface area contributed by atoms with Crippen molar-refractivity contribution < 1.29 is 4.74 Å². The molecule has 1 saturated heterocycles. The lowest BCUT2D eigenvalue weighted by molar-refractivity contribution is 0.117. The third-order valence-electron chi connectivity index (χ3n) is 3.93. The van der Waals surface area contributed by atoms with Crippen molar-refractivity contribution in [3.8, 4) is 0 Å². The topological polar surface area (TPSA) is 48.9 Å². The van der Waals surface area contributed by atoms with Crippen molar-refractivity contribution in [2.45, 2.75) is 58.6 Å². The molecular weight excluding hydrogens is 264 g/mol. The molecule has 1 rings (SSSR count). The Bertz CT molecular complexity index is 288. The molecule has 0 aromatic heterocycles. The fraction of sp³-hybridized carbons (Fsp3) is 0.938. The molecule has 1 aliphatic rings. The largest absolute Gasteiger partial charge is 0.376 e. The van der Waals surface area contributed by atoms with Crippen LogP contribution in [0, 0.1) is 0 Å². The molecule has 1 heterocycles. The number of unbranched alkanes of at least 4 members (excludes halogenated alkanes) is 1. The molecule has 2 N–H and O–H groups in total. The van der Waals surface area contributed by atoms with E-state index in [1.165, 1.54) is 19.3 Å². The van der Waals surface area contributed by atoms with Crippen molar-refractivity contribution in [1.82, 2.24) is 15.5 Å². The SMILES string of the molecule is CCNC(=NCC1CCCO1)NCCCCN(C)C(C)C. The molecule has 0 aliphatic carbocycles. The van der Waals surface area contributed by atoms with Crippen LogP contribution < -0.4 is 10.6 Å². The van der Waals surface area contributed by atoms with Crippen molar-refractivity contribution in [3.05, 3.63) is 0 Å². The zero-order chi connectivity index (χ0) is 15.5. The van der Waals surface area contributed by atoms with E-state index >= 15 is 0 Å². The van der Waals surface area contributed by atoms with E-state index in [-0.39, 0.29) is 0 Å². The Labute approximate surface area is 130 Å². The number of aliphatic imine (C=N–C) groups is 1. The molecule has 1 atom stereocenters. The van der Waals surface area contributed by atoms with Gasteiger partial charge in [0, 0.05) is 25.7 Å². The maximum atomic E-state index is 5.61. The number of hydrogen-bond acceptors (Lipinski definition) is 3. The van der Waals surface area contributed by atoms with E-state index in [9.17, 15) is 0 Å². The first-order valence-electron chi connectivity index (χ1n) is 8.47. The van der Waals surface area contributed by atoms with Gasteiger partial charge in [-0.3, -0.25) is 4.99 Å². The van der Waals surface area contributed by atoms with Gasteiger partial charge in [-0.25, -0.2) is 0 Å². The molecule has 1 aliphatic heterocycles. The van der Waals surface area contributed by atoms with Gasteiger partial charge in [0.2, 0.25) is 0 Å². The Morgan fingerprint density at radius 2 is 2.14 bits per heavy atom. The van der Waals surface area contributed by atoms with E-state index in [2.05, 4.69) is 48.3 Å². The summed E-state index contributed by atoms with van der Waals surface area (Å²) in [5, 5.41) is 6.71. The molecule has 124 valence electrons. The van der Waals surface area contributed by atoms with Crippen molar-refractivity contribution in [3.63, 3.8) is 0 Å². The summed E-state index contributed by atoms with van der Waals surface area (Å²) in [5.41, 5.74) is 0. The highest BCUT2D eigenvalue weighted by Crippen LogP contribution is 2.11. The van der Waals surface area contributed by atoms with Crippen LogP contribution in [0.5, 0.6) is 0 Å². The van der Waals surface area contributed by atoms with Gasteiger partial charge in [0.25, 0.3) is 0 Å². The molecule has 0 aromatic rings. The number of ether oxygens (including phenoxy) is 1. The second kappa shape index (κ2) is 10.9. The third kappa shape index (κ3) is 8.27. The number of nitrogens with zero attached hydrogens (tertiary/aromatic N) is 2.